The van der Waals surface area contributed by atoms with Gasteiger partial charge in [0.05, 0.1) is 24.9 Å². The number of benzene rings is 1. The summed E-state index contributed by atoms with van der Waals surface area (Å²) in [5.41, 5.74) is 0.355. The van der Waals surface area contributed by atoms with Crippen LogP contribution in [-0.4, -0.2) is 67.4 Å². The summed E-state index contributed by atoms with van der Waals surface area (Å²) in [7, 11) is 1.28. The molecule has 2 aromatic rings. The van der Waals surface area contributed by atoms with Crippen molar-refractivity contribution in [3.8, 4) is 0 Å². The van der Waals surface area contributed by atoms with Gasteiger partial charge in [0.15, 0.2) is 0 Å². The van der Waals surface area contributed by atoms with E-state index in [4.69, 9.17) is 16.3 Å². The lowest BCUT2D eigenvalue weighted by Gasteiger charge is -2.34. The molecule has 0 saturated carbocycles. The molecule has 1 aromatic heterocycles. The quantitative estimate of drug-likeness (QED) is 0.725. The Kier molecular flexibility index (Phi) is 6.83. The lowest BCUT2D eigenvalue weighted by Crippen LogP contribution is -2.50. The second-order valence-corrected chi connectivity index (χ2v) is 7.75. The molecule has 154 valence electrons. The summed E-state index contributed by atoms with van der Waals surface area (Å²) >= 11 is 7.05. The number of anilines is 1. The maximum atomic E-state index is 13.9. The van der Waals surface area contributed by atoms with Crippen LogP contribution in [0.3, 0.4) is 0 Å². The van der Waals surface area contributed by atoms with Crippen LogP contribution < -0.4 is 5.32 Å². The SMILES string of the molecule is COC(=O)c1sccc1NC(=O)CN1CCN(C(=O)c2cc(Cl)ccc2F)CC1. The number of carbonyl (C=O) groups excluding carboxylic acids is 3. The average molecular weight is 440 g/mol. The van der Waals surface area contributed by atoms with Crippen LogP contribution in [0, 0.1) is 5.82 Å². The normalized spacial score (nSPS) is 14.5. The van der Waals surface area contributed by atoms with Crippen LogP contribution >= 0.6 is 22.9 Å². The van der Waals surface area contributed by atoms with E-state index in [1.807, 2.05) is 4.90 Å². The zero-order valence-electron chi connectivity index (χ0n) is 15.6. The number of carbonyl (C=O) groups is 3. The number of hydrogen-bond donors (Lipinski definition) is 1. The van der Waals surface area contributed by atoms with Crippen LogP contribution in [0.25, 0.3) is 0 Å². The molecular formula is C19H19ClFN3O4S. The fourth-order valence-corrected chi connectivity index (χ4v) is 3.93. The van der Waals surface area contributed by atoms with E-state index in [-0.39, 0.29) is 18.0 Å². The maximum Gasteiger partial charge on any atom is 0.350 e. The molecule has 1 N–H and O–H groups in total. The Morgan fingerprint density at radius 1 is 1.21 bits per heavy atom. The predicted molar refractivity (Wildman–Crippen MR) is 108 cm³/mol. The number of methoxy groups -OCH3 is 1. The van der Waals surface area contributed by atoms with Gasteiger partial charge in [-0.2, -0.15) is 0 Å². The van der Waals surface area contributed by atoms with Crippen molar-refractivity contribution < 1.29 is 23.5 Å². The van der Waals surface area contributed by atoms with Crippen LogP contribution in [0.5, 0.6) is 0 Å². The molecule has 3 rings (SSSR count). The van der Waals surface area contributed by atoms with Gasteiger partial charge in [-0.05, 0) is 29.6 Å². The van der Waals surface area contributed by atoms with Crippen molar-refractivity contribution in [1.82, 2.24) is 9.80 Å². The van der Waals surface area contributed by atoms with E-state index in [0.29, 0.717) is 41.8 Å². The van der Waals surface area contributed by atoms with E-state index in [1.54, 1.807) is 11.4 Å². The molecule has 1 aliphatic heterocycles. The van der Waals surface area contributed by atoms with Crippen molar-refractivity contribution in [2.75, 3.05) is 45.2 Å². The highest BCUT2D eigenvalue weighted by molar-refractivity contribution is 7.12. The van der Waals surface area contributed by atoms with Crippen LogP contribution in [-0.2, 0) is 9.53 Å². The number of nitrogens with one attached hydrogen (secondary N) is 1. The number of halogens is 2. The molecule has 0 spiro atoms. The molecule has 10 heteroatoms. The second-order valence-electron chi connectivity index (χ2n) is 6.40. The highest BCUT2D eigenvalue weighted by atomic mass is 35.5. The molecule has 29 heavy (non-hydrogen) atoms. The van der Waals surface area contributed by atoms with E-state index in [9.17, 15) is 18.8 Å². The van der Waals surface area contributed by atoms with E-state index in [1.165, 1.54) is 41.5 Å². The zero-order valence-corrected chi connectivity index (χ0v) is 17.2. The molecule has 0 aliphatic carbocycles. The van der Waals surface area contributed by atoms with Crippen molar-refractivity contribution in [2.24, 2.45) is 0 Å². The molecule has 1 aliphatic rings. The van der Waals surface area contributed by atoms with E-state index < -0.39 is 17.7 Å². The first kappa shape index (κ1) is 21.2. The lowest BCUT2D eigenvalue weighted by atomic mass is 10.1. The molecule has 1 fully saturated rings. The molecule has 0 unspecified atom stereocenters. The van der Waals surface area contributed by atoms with Crippen molar-refractivity contribution >= 4 is 46.4 Å². The minimum atomic E-state index is -0.613. The largest absolute Gasteiger partial charge is 0.465 e. The van der Waals surface area contributed by atoms with Gasteiger partial charge in [-0.25, -0.2) is 9.18 Å². The smallest absolute Gasteiger partial charge is 0.350 e. The molecule has 1 saturated heterocycles. The number of piperazine rings is 1. The van der Waals surface area contributed by atoms with Crippen molar-refractivity contribution in [2.45, 2.75) is 0 Å². The lowest BCUT2D eigenvalue weighted by molar-refractivity contribution is -0.117. The fourth-order valence-electron chi connectivity index (χ4n) is 2.99. The number of esters is 1. The van der Waals surface area contributed by atoms with Gasteiger partial charge in [0, 0.05) is 31.2 Å². The summed E-state index contributed by atoms with van der Waals surface area (Å²) in [4.78, 5) is 40.3. The highest BCUT2D eigenvalue weighted by Gasteiger charge is 2.25. The Balaban J connectivity index is 1.53. The molecule has 0 atom stereocenters. The minimum absolute atomic E-state index is 0.0588. The Morgan fingerprint density at radius 3 is 2.62 bits per heavy atom. The summed E-state index contributed by atoms with van der Waals surface area (Å²) in [6, 6.07) is 5.52. The first-order chi connectivity index (χ1) is 13.9. The van der Waals surface area contributed by atoms with Crippen molar-refractivity contribution in [1.29, 1.82) is 0 Å². The number of thiophene rings is 1. The van der Waals surface area contributed by atoms with Gasteiger partial charge in [0.2, 0.25) is 5.91 Å². The Morgan fingerprint density at radius 2 is 1.93 bits per heavy atom. The predicted octanol–water partition coefficient (Wildman–Crippen LogP) is 2.72. The Labute approximate surface area is 176 Å². The monoisotopic (exact) mass is 439 g/mol. The third kappa shape index (κ3) is 5.11. The molecule has 0 bridgehead atoms. The third-order valence-electron chi connectivity index (χ3n) is 4.50. The van der Waals surface area contributed by atoms with E-state index >= 15 is 0 Å². The first-order valence-corrected chi connectivity index (χ1v) is 10.1. The van der Waals surface area contributed by atoms with Gasteiger partial charge >= 0.3 is 5.97 Å². The summed E-state index contributed by atoms with van der Waals surface area (Å²) in [5, 5.41) is 4.70. The minimum Gasteiger partial charge on any atom is -0.465 e. The van der Waals surface area contributed by atoms with E-state index in [0.717, 1.165) is 0 Å². The molecular weight excluding hydrogens is 421 g/mol. The first-order valence-electron chi connectivity index (χ1n) is 8.81. The van der Waals surface area contributed by atoms with Crippen molar-refractivity contribution in [3.63, 3.8) is 0 Å². The standard InChI is InChI=1S/C19H19ClFN3O4S/c1-28-19(27)17-15(4-9-29-17)22-16(25)11-23-5-7-24(8-6-23)18(26)13-10-12(20)2-3-14(13)21/h2-4,9-10H,5-8,11H2,1H3,(H,22,25). The van der Waals surface area contributed by atoms with Gasteiger partial charge in [0.1, 0.15) is 10.7 Å². The zero-order chi connectivity index (χ0) is 21.0. The van der Waals surface area contributed by atoms with Crippen LogP contribution in [0.15, 0.2) is 29.6 Å². The molecule has 2 amide bonds. The number of hydrogen-bond acceptors (Lipinski definition) is 6. The highest BCUT2D eigenvalue weighted by Crippen LogP contribution is 2.23. The fraction of sp³-hybridized carbons (Fsp3) is 0.316. The molecule has 7 nitrogen and oxygen atoms in total. The molecule has 1 aromatic carbocycles. The number of ether oxygens (including phenoxy) is 1. The van der Waals surface area contributed by atoms with Crippen LogP contribution in [0.4, 0.5) is 10.1 Å². The van der Waals surface area contributed by atoms with Gasteiger partial charge in [-0.1, -0.05) is 11.6 Å². The summed E-state index contributed by atoms with van der Waals surface area (Å²) in [6.07, 6.45) is 0. The Bertz CT molecular complexity index is 928. The molecule has 2 heterocycles. The van der Waals surface area contributed by atoms with Gasteiger partial charge in [-0.3, -0.25) is 14.5 Å². The number of nitrogens with zero attached hydrogens (tertiary/aromatic N) is 2. The summed E-state index contributed by atoms with van der Waals surface area (Å²) in [5.74, 6) is -1.81. The maximum absolute atomic E-state index is 13.9. The third-order valence-corrected chi connectivity index (χ3v) is 5.63. The topological polar surface area (TPSA) is 79.0 Å². The van der Waals surface area contributed by atoms with Crippen LogP contribution in [0.2, 0.25) is 5.02 Å². The van der Waals surface area contributed by atoms with Gasteiger partial charge < -0.3 is 15.0 Å². The van der Waals surface area contributed by atoms with Gasteiger partial charge in [0.25, 0.3) is 5.91 Å². The number of rotatable bonds is 5. The average Bonchev–Trinajstić information content (AvgIpc) is 3.17. The summed E-state index contributed by atoms with van der Waals surface area (Å²) < 4.78 is 18.6. The second kappa shape index (κ2) is 9.34. The Hall–Kier alpha value is -2.49. The van der Waals surface area contributed by atoms with Gasteiger partial charge in [-0.15, -0.1) is 11.3 Å². The van der Waals surface area contributed by atoms with E-state index in [2.05, 4.69) is 5.32 Å². The molecule has 0 radical (unpaired) electrons. The van der Waals surface area contributed by atoms with Crippen LogP contribution in [0.1, 0.15) is 20.0 Å². The van der Waals surface area contributed by atoms with Crippen molar-refractivity contribution in [3.05, 3.63) is 50.9 Å². The number of amides is 2. The summed E-state index contributed by atoms with van der Waals surface area (Å²) in [6.45, 7) is 1.78.